The van der Waals surface area contributed by atoms with Crippen LogP contribution in [0.15, 0.2) is 11.1 Å². The van der Waals surface area contributed by atoms with E-state index in [9.17, 15) is 0 Å². The van der Waals surface area contributed by atoms with Crippen molar-refractivity contribution in [3.8, 4) is 0 Å². The molecular formula is C9H19NS2. The average molecular weight is 205 g/mol. The summed E-state index contributed by atoms with van der Waals surface area (Å²) < 4.78 is 0. The Morgan fingerprint density at radius 3 is 2.33 bits per heavy atom. The first-order chi connectivity index (χ1) is 5.79. The molecule has 0 radical (unpaired) electrons. The van der Waals surface area contributed by atoms with E-state index in [2.05, 4.69) is 44.4 Å². The van der Waals surface area contributed by atoms with Crippen LogP contribution in [0.25, 0.3) is 0 Å². The number of allylic oxidation sites excluding steroid dienone is 1. The van der Waals surface area contributed by atoms with Crippen molar-refractivity contribution in [2.75, 3.05) is 24.6 Å². The summed E-state index contributed by atoms with van der Waals surface area (Å²) in [5, 5.41) is 1.38. The molecule has 0 fully saturated rings. The topological polar surface area (TPSA) is 3.24 Å². The molecule has 0 aliphatic carbocycles. The lowest BCUT2D eigenvalue weighted by Gasteiger charge is -2.23. The SMILES string of the molecule is CC=C(SCCS)N(CC)CC. The van der Waals surface area contributed by atoms with Gasteiger partial charge in [0.05, 0.1) is 5.03 Å². The van der Waals surface area contributed by atoms with Gasteiger partial charge in [-0.1, -0.05) is 6.08 Å². The van der Waals surface area contributed by atoms with Crippen LogP contribution in [0.4, 0.5) is 0 Å². The molecule has 0 unspecified atom stereocenters. The summed E-state index contributed by atoms with van der Waals surface area (Å²) >= 11 is 6.08. The number of hydrogen-bond acceptors (Lipinski definition) is 3. The highest BCUT2D eigenvalue weighted by atomic mass is 32.2. The Hall–Kier alpha value is 0.240. The van der Waals surface area contributed by atoms with Gasteiger partial charge in [0.25, 0.3) is 0 Å². The number of rotatable bonds is 6. The van der Waals surface area contributed by atoms with Crippen LogP contribution in [-0.4, -0.2) is 29.5 Å². The molecule has 0 aromatic rings. The summed E-state index contributed by atoms with van der Waals surface area (Å²) in [4.78, 5) is 2.37. The lowest BCUT2D eigenvalue weighted by atomic mass is 10.5. The first-order valence-corrected chi connectivity index (χ1v) is 6.06. The van der Waals surface area contributed by atoms with Gasteiger partial charge in [-0.2, -0.15) is 12.6 Å². The van der Waals surface area contributed by atoms with Crippen molar-refractivity contribution in [3.05, 3.63) is 11.1 Å². The number of thiol groups is 1. The van der Waals surface area contributed by atoms with Crippen molar-refractivity contribution in [2.24, 2.45) is 0 Å². The summed E-state index contributed by atoms with van der Waals surface area (Å²) in [6, 6.07) is 0. The smallest absolute Gasteiger partial charge is 0.0664 e. The number of thioether (sulfide) groups is 1. The maximum Gasteiger partial charge on any atom is 0.0664 e. The molecule has 0 saturated carbocycles. The van der Waals surface area contributed by atoms with Crippen LogP contribution < -0.4 is 0 Å². The monoisotopic (exact) mass is 205 g/mol. The van der Waals surface area contributed by atoms with Gasteiger partial charge in [0.1, 0.15) is 0 Å². The summed E-state index contributed by atoms with van der Waals surface area (Å²) in [6.07, 6.45) is 2.18. The maximum absolute atomic E-state index is 4.19. The van der Waals surface area contributed by atoms with Crippen molar-refractivity contribution >= 4 is 24.4 Å². The average Bonchev–Trinajstić information content (AvgIpc) is 2.12. The van der Waals surface area contributed by atoms with Gasteiger partial charge in [-0.3, -0.25) is 0 Å². The van der Waals surface area contributed by atoms with Crippen LogP contribution in [0.1, 0.15) is 20.8 Å². The highest BCUT2D eigenvalue weighted by molar-refractivity contribution is 8.03. The highest BCUT2D eigenvalue weighted by Crippen LogP contribution is 2.19. The zero-order valence-electron chi connectivity index (χ0n) is 8.21. The Kier molecular flexibility index (Phi) is 8.02. The second-order valence-corrected chi connectivity index (χ2v) is 3.93. The Balaban J connectivity index is 3.95. The summed E-state index contributed by atoms with van der Waals surface area (Å²) in [5.74, 6) is 2.04. The third-order valence-electron chi connectivity index (χ3n) is 1.66. The molecule has 0 atom stereocenters. The van der Waals surface area contributed by atoms with E-state index in [-0.39, 0.29) is 0 Å². The minimum absolute atomic E-state index is 0.948. The zero-order chi connectivity index (χ0) is 9.40. The second kappa shape index (κ2) is 7.87. The summed E-state index contributed by atoms with van der Waals surface area (Å²) in [7, 11) is 0. The van der Waals surface area contributed by atoms with Gasteiger partial charge >= 0.3 is 0 Å². The van der Waals surface area contributed by atoms with Crippen molar-refractivity contribution in [1.29, 1.82) is 0 Å². The van der Waals surface area contributed by atoms with E-state index in [0.29, 0.717) is 0 Å². The molecule has 0 amide bonds. The van der Waals surface area contributed by atoms with E-state index in [1.807, 2.05) is 11.8 Å². The lowest BCUT2D eigenvalue weighted by Crippen LogP contribution is -2.20. The molecule has 0 aliphatic heterocycles. The van der Waals surface area contributed by atoms with Crippen molar-refractivity contribution in [1.82, 2.24) is 4.90 Å². The molecule has 0 N–H and O–H groups in total. The molecule has 0 heterocycles. The van der Waals surface area contributed by atoms with Crippen LogP contribution in [0.2, 0.25) is 0 Å². The summed E-state index contributed by atoms with van der Waals surface area (Å²) in [5.41, 5.74) is 0. The molecule has 0 bridgehead atoms. The molecule has 3 heteroatoms. The summed E-state index contributed by atoms with van der Waals surface area (Å²) in [6.45, 7) is 8.66. The van der Waals surface area contributed by atoms with E-state index < -0.39 is 0 Å². The second-order valence-electron chi connectivity index (χ2n) is 2.37. The Morgan fingerprint density at radius 2 is 2.00 bits per heavy atom. The molecule has 0 saturated heterocycles. The minimum atomic E-state index is 0.948. The molecule has 0 aliphatic rings. The van der Waals surface area contributed by atoms with Gasteiger partial charge < -0.3 is 4.90 Å². The van der Waals surface area contributed by atoms with Crippen molar-refractivity contribution in [2.45, 2.75) is 20.8 Å². The van der Waals surface area contributed by atoms with Crippen LogP contribution in [0, 0.1) is 0 Å². The highest BCUT2D eigenvalue weighted by Gasteiger charge is 2.03. The third-order valence-corrected chi connectivity index (χ3v) is 3.39. The number of hydrogen-bond donors (Lipinski definition) is 1. The Morgan fingerprint density at radius 1 is 1.42 bits per heavy atom. The van der Waals surface area contributed by atoms with Crippen LogP contribution in [0.3, 0.4) is 0 Å². The van der Waals surface area contributed by atoms with E-state index >= 15 is 0 Å². The van der Waals surface area contributed by atoms with Gasteiger partial charge in [0.2, 0.25) is 0 Å². The number of nitrogens with zero attached hydrogens (tertiary/aromatic N) is 1. The zero-order valence-corrected chi connectivity index (χ0v) is 9.92. The van der Waals surface area contributed by atoms with Gasteiger partial charge in [-0.25, -0.2) is 0 Å². The first kappa shape index (κ1) is 12.2. The third kappa shape index (κ3) is 4.31. The molecule has 0 spiro atoms. The largest absolute Gasteiger partial charge is 0.367 e. The molecular weight excluding hydrogens is 186 g/mol. The quantitative estimate of drug-likeness (QED) is 0.664. The van der Waals surface area contributed by atoms with Crippen LogP contribution in [0.5, 0.6) is 0 Å². The normalized spacial score (nSPS) is 11.8. The Labute approximate surface area is 86.0 Å². The van der Waals surface area contributed by atoms with E-state index in [1.54, 1.807) is 0 Å². The van der Waals surface area contributed by atoms with Crippen molar-refractivity contribution < 1.29 is 0 Å². The molecule has 0 aromatic heterocycles. The molecule has 0 aromatic carbocycles. The van der Waals surface area contributed by atoms with E-state index in [1.165, 1.54) is 5.03 Å². The van der Waals surface area contributed by atoms with E-state index in [4.69, 9.17) is 0 Å². The van der Waals surface area contributed by atoms with Crippen LogP contribution in [-0.2, 0) is 0 Å². The Bertz CT molecular complexity index is 130. The van der Waals surface area contributed by atoms with Crippen molar-refractivity contribution in [3.63, 3.8) is 0 Å². The molecule has 1 nitrogen and oxygen atoms in total. The fourth-order valence-corrected chi connectivity index (χ4v) is 2.22. The van der Waals surface area contributed by atoms with Gasteiger partial charge in [-0.05, 0) is 26.5 Å². The lowest BCUT2D eigenvalue weighted by molar-refractivity contribution is 0.408. The fourth-order valence-electron chi connectivity index (χ4n) is 1.04. The van der Waals surface area contributed by atoms with E-state index in [0.717, 1.165) is 24.6 Å². The van der Waals surface area contributed by atoms with Crippen LogP contribution >= 0.6 is 24.4 Å². The minimum Gasteiger partial charge on any atom is -0.367 e. The van der Waals surface area contributed by atoms with Gasteiger partial charge in [-0.15, -0.1) is 11.8 Å². The van der Waals surface area contributed by atoms with Gasteiger partial charge in [0.15, 0.2) is 0 Å². The first-order valence-electron chi connectivity index (χ1n) is 4.45. The molecule has 0 rings (SSSR count). The molecule has 72 valence electrons. The predicted molar refractivity (Wildman–Crippen MR) is 63.0 cm³/mol. The predicted octanol–water partition coefficient (Wildman–Crippen LogP) is 2.85. The maximum atomic E-state index is 4.19. The fraction of sp³-hybridized carbons (Fsp3) is 0.778. The van der Waals surface area contributed by atoms with Gasteiger partial charge in [0, 0.05) is 18.8 Å². The standard InChI is InChI=1S/C9H19NS2/c1-4-9(12-8-7-11)10(5-2)6-3/h4,11H,5-8H2,1-3H3. The molecule has 12 heavy (non-hydrogen) atoms.